The van der Waals surface area contributed by atoms with Crippen molar-refractivity contribution in [1.82, 2.24) is 9.97 Å². The van der Waals surface area contributed by atoms with Crippen LogP contribution in [0.1, 0.15) is 31.8 Å². The zero-order chi connectivity index (χ0) is 8.97. The molecule has 0 amide bonds. The van der Waals surface area contributed by atoms with Gasteiger partial charge in [0.05, 0.1) is 0 Å². The largest absolute Gasteiger partial charge is 0.311 e. The first kappa shape index (κ1) is 8.97. The molecule has 1 N–H and O–H groups in total. The van der Waals surface area contributed by atoms with Gasteiger partial charge in [0.2, 0.25) is 0 Å². The maximum absolute atomic E-state index is 11.0. The highest BCUT2D eigenvalue weighted by atomic mass is 16.1. The predicted octanol–water partition coefficient (Wildman–Crippen LogP) is 1.28. The van der Waals surface area contributed by atoms with Crippen LogP contribution in [0.2, 0.25) is 0 Å². The van der Waals surface area contributed by atoms with Crippen LogP contribution in [0.5, 0.6) is 0 Å². The van der Waals surface area contributed by atoms with E-state index in [0.717, 1.165) is 30.8 Å². The van der Waals surface area contributed by atoms with Crippen LogP contribution >= 0.6 is 0 Å². The molecule has 0 aromatic carbocycles. The lowest BCUT2D eigenvalue weighted by molar-refractivity contribution is 0.824. The molecule has 0 saturated heterocycles. The maximum Gasteiger partial charge on any atom is 0.251 e. The van der Waals surface area contributed by atoms with Crippen LogP contribution in [-0.2, 0) is 12.8 Å². The van der Waals surface area contributed by atoms with Crippen molar-refractivity contribution in [2.45, 2.75) is 33.1 Å². The van der Waals surface area contributed by atoms with Crippen LogP contribution < -0.4 is 5.56 Å². The second-order valence-corrected chi connectivity index (χ2v) is 2.79. The van der Waals surface area contributed by atoms with Crippen molar-refractivity contribution in [3.8, 4) is 0 Å². The van der Waals surface area contributed by atoms with Crippen molar-refractivity contribution in [2.75, 3.05) is 0 Å². The van der Waals surface area contributed by atoms with Crippen molar-refractivity contribution in [3.05, 3.63) is 27.9 Å². The molecule has 0 unspecified atom stereocenters. The summed E-state index contributed by atoms with van der Waals surface area (Å²) in [5.74, 6) is 0.783. The average Bonchev–Trinajstić information content (AvgIpc) is 2.04. The fraction of sp³-hybridized carbons (Fsp3) is 0.556. The number of hydrogen-bond donors (Lipinski definition) is 1. The summed E-state index contributed by atoms with van der Waals surface area (Å²) in [6, 6.07) is 1.57. The second kappa shape index (κ2) is 4.04. The Morgan fingerprint density at radius 3 is 2.83 bits per heavy atom. The van der Waals surface area contributed by atoms with Gasteiger partial charge in [-0.2, -0.15) is 0 Å². The number of rotatable bonds is 3. The van der Waals surface area contributed by atoms with Gasteiger partial charge < -0.3 is 4.98 Å². The van der Waals surface area contributed by atoms with Gasteiger partial charge in [0, 0.05) is 18.2 Å². The van der Waals surface area contributed by atoms with E-state index in [1.165, 1.54) is 0 Å². The number of H-pyrrole nitrogens is 1. The van der Waals surface area contributed by atoms with Gasteiger partial charge in [-0.1, -0.05) is 20.3 Å². The van der Waals surface area contributed by atoms with Crippen LogP contribution in [0, 0.1) is 0 Å². The molecule has 12 heavy (non-hydrogen) atoms. The highest BCUT2D eigenvalue weighted by Gasteiger charge is 1.97. The summed E-state index contributed by atoms with van der Waals surface area (Å²) >= 11 is 0. The average molecular weight is 166 g/mol. The lowest BCUT2D eigenvalue weighted by Gasteiger charge is -1.99. The normalized spacial score (nSPS) is 10.2. The summed E-state index contributed by atoms with van der Waals surface area (Å²) in [5.41, 5.74) is 0.864. The van der Waals surface area contributed by atoms with Crippen molar-refractivity contribution >= 4 is 0 Å². The number of nitrogens with zero attached hydrogens (tertiary/aromatic N) is 1. The number of nitrogens with one attached hydrogen (secondary N) is 1. The third-order valence-electron chi connectivity index (χ3n) is 1.68. The van der Waals surface area contributed by atoms with Gasteiger partial charge in [-0.05, 0) is 6.42 Å². The smallest absolute Gasteiger partial charge is 0.251 e. The maximum atomic E-state index is 11.0. The molecule has 0 fully saturated rings. The molecule has 0 saturated carbocycles. The molecule has 1 aromatic heterocycles. The molecule has 0 bridgehead atoms. The molecule has 0 aliphatic carbocycles. The molecule has 1 aromatic rings. The predicted molar refractivity (Wildman–Crippen MR) is 48.2 cm³/mol. The monoisotopic (exact) mass is 166 g/mol. The molecule has 0 atom stereocenters. The first-order chi connectivity index (χ1) is 5.76. The third-order valence-corrected chi connectivity index (χ3v) is 1.68. The molecule has 66 valence electrons. The Morgan fingerprint density at radius 2 is 2.25 bits per heavy atom. The Kier molecular flexibility index (Phi) is 3.02. The summed E-state index contributed by atoms with van der Waals surface area (Å²) in [6.07, 6.45) is 2.70. The van der Waals surface area contributed by atoms with E-state index in [1.807, 2.05) is 6.92 Å². The van der Waals surface area contributed by atoms with E-state index < -0.39 is 0 Å². The van der Waals surface area contributed by atoms with E-state index in [0.29, 0.717) is 0 Å². The lowest BCUT2D eigenvalue weighted by atomic mass is 10.2. The van der Waals surface area contributed by atoms with E-state index in [1.54, 1.807) is 6.07 Å². The van der Waals surface area contributed by atoms with Crippen molar-refractivity contribution in [2.24, 2.45) is 0 Å². The number of aromatic amines is 1. The SMILES string of the molecule is CCCc1cc(=O)[nH]c(CC)n1. The van der Waals surface area contributed by atoms with E-state index in [-0.39, 0.29) is 5.56 Å². The minimum absolute atomic E-state index is 0.0368. The van der Waals surface area contributed by atoms with Crippen molar-refractivity contribution in [1.29, 1.82) is 0 Å². The van der Waals surface area contributed by atoms with Gasteiger partial charge in [0.25, 0.3) is 5.56 Å². The van der Waals surface area contributed by atoms with Gasteiger partial charge in [0.15, 0.2) is 0 Å². The Labute approximate surface area is 71.9 Å². The highest BCUT2D eigenvalue weighted by Crippen LogP contribution is 1.96. The molecular formula is C9H14N2O. The Hall–Kier alpha value is -1.12. The van der Waals surface area contributed by atoms with E-state index in [2.05, 4.69) is 16.9 Å². The summed E-state index contributed by atoms with van der Waals surface area (Å²) < 4.78 is 0. The molecule has 0 spiro atoms. The fourth-order valence-electron chi connectivity index (χ4n) is 1.11. The van der Waals surface area contributed by atoms with Crippen LogP contribution in [0.15, 0.2) is 10.9 Å². The van der Waals surface area contributed by atoms with E-state index in [9.17, 15) is 4.79 Å². The summed E-state index contributed by atoms with van der Waals surface area (Å²) in [5, 5.41) is 0. The summed E-state index contributed by atoms with van der Waals surface area (Å²) in [7, 11) is 0. The van der Waals surface area contributed by atoms with Gasteiger partial charge in [0.1, 0.15) is 5.82 Å². The molecule has 0 aliphatic heterocycles. The summed E-state index contributed by atoms with van der Waals surface area (Å²) in [6.45, 7) is 4.06. The Balaban J connectivity index is 2.98. The first-order valence-corrected chi connectivity index (χ1v) is 4.35. The van der Waals surface area contributed by atoms with Crippen LogP contribution in [0.4, 0.5) is 0 Å². The van der Waals surface area contributed by atoms with Gasteiger partial charge in [-0.25, -0.2) is 4.98 Å². The topological polar surface area (TPSA) is 45.8 Å². The standard InChI is InChI=1S/C9H14N2O/c1-3-5-7-6-9(12)11-8(4-2)10-7/h6H,3-5H2,1-2H3,(H,10,11,12). The quantitative estimate of drug-likeness (QED) is 0.735. The summed E-state index contributed by atoms with van der Waals surface area (Å²) in [4.78, 5) is 18.0. The van der Waals surface area contributed by atoms with Crippen LogP contribution in [-0.4, -0.2) is 9.97 Å². The fourth-order valence-corrected chi connectivity index (χ4v) is 1.11. The third kappa shape index (κ3) is 2.19. The zero-order valence-electron chi connectivity index (χ0n) is 7.55. The van der Waals surface area contributed by atoms with Gasteiger partial charge in [-0.15, -0.1) is 0 Å². The molecular weight excluding hydrogens is 152 g/mol. The van der Waals surface area contributed by atoms with Gasteiger partial charge in [-0.3, -0.25) is 4.79 Å². The van der Waals surface area contributed by atoms with Crippen molar-refractivity contribution < 1.29 is 0 Å². The van der Waals surface area contributed by atoms with E-state index >= 15 is 0 Å². The van der Waals surface area contributed by atoms with Crippen LogP contribution in [0.25, 0.3) is 0 Å². The number of aromatic nitrogens is 2. The number of aryl methyl sites for hydroxylation is 2. The lowest BCUT2D eigenvalue weighted by Crippen LogP contribution is -2.12. The Morgan fingerprint density at radius 1 is 1.50 bits per heavy atom. The van der Waals surface area contributed by atoms with E-state index in [4.69, 9.17) is 0 Å². The second-order valence-electron chi connectivity index (χ2n) is 2.79. The molecule has 0 aliphatic rings. The molecule has 1 heterocycles. The number of hydrogen-bond acceptors (Lipinski definition) is 2. The molecule has 1 rings (SSSR count). The van der Waals surface area contributed by atoms with Crippen LogP contribution in [0.3, 0.4) is 0 Å². The van der Waals surface area contributed by atoms with Crippen molar-refractivity contribution in [3.63, 3.8) is 0 Å². The first-order valence-electron chi connectivity index (χ1n) is 4.35. The zero-order valence-corrected chi connectivity index (χ0v) is 7.55. The van der Waals surface area contributed by atoms with Gasteiger partial charge >= 0.3 is 0 Å². The molecule has 3 heteroatoms. The molecule has 3 nitrogen and oxygen atoms in total. The minimum atomic E-state index is -0.0368. The minimum Gasteiger partial charge on any atom is -0.311 e. The molecule has 0 radical (unpaired) electrons. The highest BCUT2D eigenvalue weighted by molar-refractivity contribution is 5.02. The Bertz CT molecular complexity index is 304.